The van der Waals surface area contributed by atoms with Crippen molar-refractivity contribution in [1.29, 1.82) is 0 Å². The minimum Gasteiger partial charge on any atom is -0.389 e. The number of hydrogen-bond donors (Lipinski definition) is 1. The second-order valence-electron chi connectivity index (χ2n) is 4.31. The molecule has 1 aromatic heterocycles. The summed E-state index contributed by atoms with van der Waals surface area (Å²) >= 11 is 11.0. The Kier molecular flexibility index (Phi) is 3.87. The molecular formula is C13H13ClFN3S. The molecule has 1 aromatic carbocycles. The highest BCUT2D eigenvalue weighted by atomic mass is 35.5. The number of thiocarbonyl (C=S) groups is 1. The van der Waals surface area contributed by atoms with E-state index in [2.05, 4.69) is 5.10 Å². The topological polar surface area (TPSA) is 43.8 Å². The highest BCUT2D eigenvalue weighted by Crippen LogP contribution is 2.21. The van der Waals surface area contributed by atoms with E-state index in [1.54, 1.807) is 16.8 Å². The Morgan fingerprint density at radius 3 is 2.68 bits per heavy atom. The van der Waals surface area contributed by atoms with E-state index in [-0.39, 0.29) is 10.8 Å². The SMILES string of the molecule is Cc1nn(Cc2cc(C(N)=S)ccc2F)c(C)c1Cl. The molecule has 0 aliphatic heterocycles. The van der Waals surface area contributed by atoms with Crippen LogP contribution in [0.4, 0.5) is 4.39 Å². The molecule has 6 heteroatoms. The number of rotatable bonds is 3. The quantitative estimate of drug-likeness (QED) is 0.886. The van der Waals surface area contributed by atoms with Crippen LogP contribution >= 0.6 is 23.8 Å². The first-order valence-electron chi connectivity index (χ1n) is 5.68. The Labute approximate surface area is 121 Å². The molecule has 0 atom stereocenters. The molecule has 0 bridgehead atoms. The van der Waals surface area contributed by atoms with E-state index >= 15 is 0 Å². The highest BCUT2D eigenvalue weighted by molar-refractivity contribution is 7.80. The average molecular weight is 298 g/mol. The van der Waals surface area contributed by atoms with Crippen molar-refractivity contribution in [3.63, 3.8) is 0 Å². The van der Waals surface area contributed by atoms with Gasteiger partial charge in [-0.05, 0) is 32.0 Å². The van der Waals surface area contributed by atoms with Crippen LogP contribution in [0.5, 0.6) is 0 Å². The van der Waals surface area contributed by atoms with Crippen molar-refractivity contribution in [3.05, 3.63) is 51.6 Å². The zero-order valence-electron chi connectivity index (χ0n) is 10.6. The maximum atomic E-state index is 13.8. The van der Waals surface area contributed by atoms with Gasteiger partial charge in [-0.2, -0.15) is 5.10 Å². The van der Waals surface area contributed by atoms with Gasteiger partial charge in [-0.15, -0.1) is 0 Å². The minimum absolute atomic E-state index is 0.243. The van der Waals surface area contributed by atoms with Gasteiger partial charge in [0.2, 0.25) is 0 Å². The molecule has 100 valence electrons. The maximum Gasteiger partial charge on any atom is 0.128 e. The van der Waals surface area contributed by atoms with Crippen LogP contribution in [0.15, 0.2) is 18.2 Å². The number of hydrogen-bond acceptors (Lipinski definition) is 2. The fourth-order valence-corrected chi connectivity index (χ4v) is 2.10. The summed E-state index contributed by atoms with van der Waals surface area (Å²) in [6, 6.07) is 4.56. The summed E-state index contributed by atoms with van der Waals surface area (Å²) < 4.78 is 15.5. The summed E-state index contributed by atoms with van der Waals surface area (Å²) in [5, 5.41) is 4.88. The third kappa shape index (κ3) is 2.77. The van der Waals surface area contributed by atoms with Gasteiger partial charge in [0.25, 0.3) is 0 Å². The van der Waals surface area contributed by atoms with Gasteiger partial charge in [-0.3, -0.25) is 4.68 Å². The smallest absolute Gasteiger partial charge is 0.128 e. The van der Waals surface area contributed by atoms with Crippen LogP contribution in [0.25, 0.3) is 0 Å². The number of aryl methyl sites for hydroxylation is 1. The number of benzene rings is 1. The molecule has 1 heterocycles. The molecule has 0 unspecified atom stereocenters. The Morgan fingerprint density at radius 2 is 2.16 bits per heavy atom. The van der Waals surface area contributed by atoms with Gasteiger partial charge in [-0.1, -0.05) is 23.8 Å². The van der Waals surface area contributed by atoms with Gasteiger partial charge >= 0.3 is 0 Å². The number of aromatic nitrogens is 2. The first kappa shape index (κ1) is 14.0. The van der Waals surface area contributed by atoms with Crippen LogP contribution in [0, 0.1) is 19.7 Å². The molecule has 0 amide bonds. The first-order valence-corrected chi connectivity index (χ1v) is 6.46. The second kappa shape index (κ2) is 5.27. The Hall–Kier alpha value is -1.46. The lowest BCUT2D eigenvalue weighted by Crippen LogP contribution is -2.12. The van der Waals surface area contributed by atoms with Gasteiger partial charge in [0.1, 0.15) is 10.8 Å². The van der Waals surface area contributed by atoms with E-state index in [1.165, 1.54) is 6.07 Å². The van der Waals surface area contributed by atoms with Crippen molar-refractivity contribution in [2.24, 2.45) is 5.73 Å². The van der Waals surface area contributed by atoms with Crippen LogP contribution in [-0.2, 0) is 6.54 Å². The molecule has 0 saturated heterocycles. The van der Waals surface area contributed by atoms with Crippen LogP contribution in [0.3, 0.4) is 0 Å². The van der Waals surface area contributed by atoms with E-state index in [1.807, 2.05) is 13.8 Å². The fraction of sp³-hybridized carbons (Fsp3) is 0.231. The summed E-state index contributed by atoms with van der Waals surface area (Å²) in [7, 11) is 0. The molecule has 0 spiro atoms. The molecule has 0 aliphatic rings. The predicted octanol–water partition coefficient (Wildman–Crippen LogP) is 2.97. The lowest BCUT2D eigenvalue weighted by molar-refractivity contribution is 0.578. The Bertz CT molecular complexity index is 652. The van der Waals surface area contributed by atoms with Crippen LogP contribution < -0.4 is 5.73 Å². The molecule has 0 aliphatic carbocycles. The van der Waals surface area contributed by atoms with Gasteiger partial charge in [0, 0.05) is 11.1 Å². The van der Waals surface area contributed by atoms with E-state index in [9.17, 15) is 4.39 Å². The summed E-state index contributed by atoms with van der Waals surface area (Å²) in [4.78, 5) is 0.243. The van der Waals surface area contributed by atoms with Crippen molar-refractivity contribution < 1.29 is 4.39 Å². The molecule has 2 N–H and O–H groups in total. The van der Waals surface area contributed by atoms with Crippen LogP contribution in [0.1, 0.15) is 22.5 Å². The molecular weight excluding hydrogens is 285 g/mol. The summed E-state index contributed by atoms with van der Waals surface area (Å²) in [5.41, 5.74) is 8.20. The third-order valence-corrected chi connectivity index (χ3v) is 3.73. The normalized spacial score (nSPS) is 10.7. The maximum absolute atomic E-state index is 13.8. The second-order valence-corrected chi connectivity index (χ2v) is 5.13. The minimum atomic E-state index is -0.316. The van der Waals surface area contributed by atoms with Crippen molar-refractivity contribution >= 4 is 28.8 Å². The zero-order valence-corrected chi connectivity index (χ0v) is 12.1. The first-order chi connectivity index (χ1) is 8.90. The van der Waals surface area contributed by atoms with Crippen LogP contribution in [-0.4, -0.2) is 14.8 Å². The number of nitrogens with two attached hydrogens (primary N) is 1. The van der Waals surface area contributed by atoms with Gasteiger partial charge in [0.15, 0.2) is 0 Å². The van der Waals surface area contributed by atoms with Gasteiger partial charge in [-0.25, -0.2) is 4.39 Å². The van der Waals surface area contributed by atoms with Gasteiger partial charge in [0.05, 0.1) is 23.0 Å². The predicted molar refractivity (Wildman–Crippen MR) is 78.1 cm³/mol. The third-order valence-electron chi connectivity index (χ3n) is 2.94. The van der Waals surface area contributed by atoms with E-state index in [0.717, 1.165) is 11.4 Å². The average Bonchev–Trinajstić information content (AvgIpc) is 2.59. The summed E-state index contributed by atoms with van der Waals surface area (Å²) in [6.45, 7) is 3.95. The Balaban J connectivity index is 2.40. The molecule has 3 nitrogen and oxygen atoms in total. The summed E-state index contributed by atoms with van der Waals surface area (Å²) in [5.74, 6) is -0.316. The fourth-order valence-electron chi connectivity index (χ4n) is 1.84. The lowest BCUT2D eigenvalue weighted by Gasteiger charge is -2.08. The monoisotopic (exact) mass is 297 g/mol. The standard InChI is InChI=1S/C13H13ClFN3S/c1-7-12(14)8(2)18(17-7)6-10-5-9(13(16)19)3-4-11(10)15/h3-5H,6H2,1-2H3,(H2,16,19). The largest absolute Gasteiger partial charge is 0.389 e. The lowest BCUT2D eigenvalue weighted by atomic mass is 10.1. The van der Waals surface area contributed by atoms with E-state index in [0.29, 0.717) is 22.7 Å². The molecule has 0 saturated carbocycles. The number of nitrogens with zero attached hydrogens (tertiary/aromatic N) is 2. The van der Waals surface area contributed by atoms with Crippen molar-refractivity contribution in [3.8, 4) is 0 Å². The zero-order chi connectivity index (χ0) is 14.2. The van der Waals surface area contributed by atoms with Crippen molar-refractivity contribution in [1.82, 2.24) is 9.78 Å². The van der Waals surface area contributed by atoms with Gasteiger partial charge < -0.3 is 5.73 Å². The summed E-state index contributed by atoms with van der Waals surface area (Å²) in [6.07, 6.45) is 0. The Morgan fingerprint density at radius 1 is 1.47 bits per heavy atom. The highest BCUT2D eigenvalue weighted by Gasteiger charge is 2.12. The molecule has 19 heavy (non-hydrogen) atoms. The number of halogens is 2. The molecule has 2 aromatic rings. The molecule has 0 fully saturated rings. The van der Waals surface area contributed by atoms with Crippen LogP contribution in [0.2, 0.25) is 5.02 Å². The van der Waals surface area contributed by atoms with Crippen molar-refractivity contribution in [2.45, 2.75) is 20.4 Å². The molecule has 0 radical (unpaired) electrons. The van der Waals surface area contributed by atoms with Crippen molar-refractivity contribution in [2.75, 3.05) is 0 Å². The van der Waals surface area contributed by atoms with E-state index in [4.69, 9.17) is 29.6 Å². The van der Waals surface area contributed by atoms with E-state index < -0.39 is 0 Å². The molecule has 2 rings (SSSR count).